The van der Waals surface area contributed by atoms with Gasteiger partial charge in [0.1, 0.15) is 5.75 Å². The second kappa shape index (κ2) is 9.40. The number of carbonyl (C=O) groups is 2. The largest absolute Gasteiger partial charge is 0.493 e. The number of anilines is 1. The minimum absolute atomic E-state index is 0.0522. The van der Waals surface area contributed by atoms with E-state index in [1.54, 1.807) is 0 Å². The number of piperidine rings is 1. The number of ether oxygens (including phenoxy) is 1. The average molecular weight is 380 g/mol. The van der Waals surface area contributed by atoms with Gasteiger partial charge in [-0.3, -0.25) is 9.59 Å². The zero-order valence-corrected chi connectivity index (χ0v) is 16.6. The summed E-state index contributed by atoms with van der Waals surface area (Å²) in [5.41, 5.74) is 3.04. The van der Waals surface area contributed by atoms with E-state index >= 15 is 0 Å². The van der Waals surface area contributed by atoms with Crippen LogP contribution in [0, 0.1) is 19.8 Å². The van der Waals surface area contributed by atoms with Gasteiger partial charge >= 0.3 is 0 Å². The van der Waals surface area contributed by atoms with Crippen LogP contribution in [0.15, 0.2) is 48.5 Å². The maximum Gasteiger partial charge on any atom is 0.227 e. The molecule has 0 aromatic heterocycles. The molecular formula is C23H28N2O3. The summed E-state index contributed by atoms with van der Waals surface area (Å²) in [6.45, 7) is 5.61. The van der Waals surface area contributed by atoms with Gasteiger partial charge in [0.25, 0.3) is 0 Å². The number of hydrogen-bond acceptors (Lipinski definition) is 3. The molecule has 2 aromatic rings. The molecule has 0 saturated carbocycles. The number of benzene rings is 2. The maximum atomic E-state index is 12.6. The third-order valence-electron chi connectivity index (χ3n) is 5.28. The van der Waals surface area contributed by atoms with Crippen LogP contribution >= 0.6 is 0 Å². The van der Waals surface area contributed by atoms with Gasteiger partial charge in [-0.2, -0.15) is 0 Å². The second-order valence-corrected chi connectivity index (χ2v) is 7.32. The van der Waals surface area contributed by atoms with Crippen molar-refractivity contribution >= 4 is 17.5 Å². The Hall–Kier alpha value is -2.82. The summed E-state index contributed by atoms with van der Waals surface area (Å²) in [6.07, 6.45) is 1.75. The van der Waals surface area contributed by atoms with Crippen molar-refractivity contribution in [1.82, 2.24) is 4.90 Å². The first-order chi connectivity index (χ1) is 13.5. The highest BCUT2D eigenvalue weighted by Gasteiger charge is 2.27. The normalized spacial score (nSPS) is 14.6. The molecule has 5 nitrogen and oxygen atoms in total. The zero-order valence-electron chi connectivity index (χ0n) is 16.6. The molecule has 2 amide bonds. The van der Waals surface area contributed by atoms with Gasteiger partial charge < -0.3 is 15.0 Å². The van der Waals surface area contributed by atoms with E-state index in [0.29, 0.717) is 39.0 Å². The van der Waals surface area contributed by atoms with Crippen molar-refractivity contribution in [2.75, 3.05) is 25.0 Å². The molecule has 0 radical (unpaired) electrons. The zero-order chi connectivity index (χ0) is 19.9. The van der Waals surface area contributed by atoms with Gasteiger partial charge in [0.15, 0.2) is 0 Å². The van der Waals surface area contributed by atoms with Gasteiger partial charge in [-0.25, -0.2) is 0 Å². The van der Waals surface area contributed by atoms with Crippen molar-refractivity contribution in [2.45, 2.75) is 33.1 Å². The quantitative estimate of drug-likeness (QED) is 0.825. The number of carbonyl (C=O) groups excluding carboxylic acids is 2. The summed E-state index contributed by atoms with van der Waals surface area (Å²) in [4.78, 5) is 26.9. The van der Waals surface area contributed by atoms with Crippen LogP contribution in [0.5, 0.6) is 5.75 Å². The van der Waals surface area contributed by atoms with Crippen LogP contribution in [0.25, 0.3) is 0 Å². The lowest BCUT2D eigenvalue weighted by molar-refractivity contribution is -0.135. The van der Waals surface area contributed by atoms with Crippen molar-refractivity contribution < 1.29 is 14.3 Å². The fourth-order valence-corrected chi connectivity index (χ4v) is 3.56. The molecule has 0 bridgehead atoms. The first-order valence-corrected chi connectivity index (χ1v) is 9.87. The lowest BCUT2D eigenvalue weighted by Gasteiger charge is -2.31. The fraction of sp³-hybridized carbons (Fsp3) is 0.391. The number of aryl methyl sites for hydroxylation is 2. The first-order valence-electron chi connectivity index (χ1n) is 9.87. The van der Waals surface area contributed by atoms with Crippen molar-refractivity contribution in [3.63, 3.8) is 0 Å². The minimum atomic E-state index is -0.0522. The number of hydrogen-bond donors (Lipinski definition) is 1. The SMILES string of the molecule is Cc1cccc(C)c1NC(=O)C1CCN(C(=O)CCOc2ccccc2)CC1. The molecule has 2 aromatic carbocycles. The van der Waals surface area contributed by atoms with Crippen molar-refractivity contribution in [3.05, 3.63) is 59.7 Å². The van der Waals surface area contributed by atoms with Gasteiger partial charge in [-0.1, -0.05) is 36.4 Å². The van der Waals surface area contributed by atoms with E-state index in [0.717, 1.165) is 22.6 Å². The Morgan fingerprint density at radius 3 is 2.29 bits per heavy atom. The number of amides is 2. The van der Waals surface area contributed by atoms with Crippen LogP contribution in [0.4, 0.5) is 5.69 Å². The lowest BCUT2D eigenvalue weighted by Crippen LogP contribution is -2.41. The standard InChI is InChI=1S/C23H28N2O3/c1-17-7-6-8-18(2)22(17)24-23(27)19-11-14-25(15-12-19)21(26)13-16-28-20-9-4-3-5-10-20/h3-10,19H,11-16H2,1-2H3,(H,24,27). The molecule has 1 fully saturated rings. The smallest absolute Gasteiger partial charge is 0.227 e. The Labute approximate surface area is 166 Å². The van der Waals surface area contributed by atoms with E-state index in [9.17, 15) is 9.59 Å². The van der Waals surface area contributed by atoms with Crippen LogP contribution in [-0.2, 0) is 9.59 Å². The Kier molecular flexibility index (Phi) is 6.69. The van der Waals surface area contributed by atoms with Crippen molar-refractivity contribution in [2.24, 2.45) is 5.92 Å². The fourth-order valence-electron chi connectivity index (χ4n) is 3.56. The molecule has 1 N–H and O–H groups in total. The summed E-state index contributed by atoms with van der Waals surface area (Å²) in [7, 11) is 0. The molecule has 0 aliphatic carbocycles. The third-order valence-corrected chi connectivity index (χ3v) is 5.28. The molecule has 1 saturated heterocycles. The Morgan fingerprint density at radius 2 is 1.64 bits per heavy atom. The summed E-state index contributed by atoms with van der Waals surface area (Å²) in [5, 5.41) is 3.08. The summed E-state index contributed by atoms with van der Waals surface area (Å²) < 4.78 is 5.60. The highest BCUT2D eigenvalue weighted by Crippen LogP contribution is 2.24. The highest BCUT2D eigenvalue weighted by atomic mass is 16.5. The Bertz CT molecular complexity index is 792. The van der Waals surface area contributed by atoms with Crippen LogP contribution in [-0.4, -0.2) is 36.4 Å². The molecule has 5 heteroatoms. The van der Waals surface area contributed by atoms with Crippen molar-refractivity contribution in [3.8, 4) is 5.75 Å². The summed E-state index contributed by atoms with van der Waals surface area (Å²) in [5.74, 6) is 0.863. The topological polar surface area (TPSA) is 58.6 Å². The molecule has 0 unspecified atom stereocenters. The van der Waals surface area contributed by atoms with E-state index < -0.39 is 0 Å². The predicted octanol–water partition coefficient (Wildman–Crippen LogP) is 3.95. The monoisotopic (exact) mass is 380 g/mol. The average Bonchev–Trinajstić information content (AvgIpc) is 2.71. The van der Waals surface area contributed by atoms with Gasteiger partial charge in [0.05, 0.1) is 13.0 Å². The molecule has 148 valence electrons. The number of nitrogens with one attached hydrogen (secondary N) is 1. The van der Waals surface area contributed by atoms with Gasteiger partial charge in [0.2, 0.25) is 11.8 Å². The minimum Gasteiger partial charge on any atom is -0.493 e. The number of para-hydroxylation sites is 2. The predicted molar refractivity (Wildman–Crippen MR) is 110 cm³/mol. The van der Waals surface area contributed by atoms with E-state index in [2.05, 4.69) is 5.32 Å². The summed E-state index contributed by atoms with van der Waals surface area (Å²) >= 11 is 0. The van der Waals surface area contributed by atoms with Crippen molar-refractivity contribution in [1.29, 1.82) is 0 Å². The van der Waals surface area contributed by atoms with Gasteiger partial charge in [0, 0.05) is 24.7 Å². The molecule has 1 aliphatic rings. The maximum absolute atomic E-state index is 12.6. The first kappa shape index (κ1) is 19.9. The van der Waals surface area contributed by atoms with Crippen LogP contribution in [0.3, 0.4) is 0 Å². The van der Waals surface area contributed by atoms with E-state index in [4.69, 9.17) is 4.74 Å². The molecule has 0 atom stereocenters. The van der Waals surface area contributed by atoms with E-state index in [-0.39, 0.29) is 17.7 Å². The molecule has 28 heavy (non-hydrogen) atoms. The number of nitrogens with zero attached hydrogens (tertiary/aromatic N) is 1. The van der Waals surface area contributed by atoms with Crippen LogP contribution in [0.1, 0.15) is 30.4 Å². The second-order valence-electron chi connectivity index (χ2n) is 7.32. The Morgan fingerprint density at radius 1 is 1.00 bits per heavy atom. The van der Waals surface area contributed by atoms with Gasteiger partial charge in [-0.05, 0) is 49.9 Å². The molecule has 3 rings (SSSR count). The summed E-state index contributed by atoms with van der Waals surface area (Å²) in [6, 6.07) is 15.5. The Balaban J connectivity index is 1.43. The van der Waals surface area contributed by atoms with Crippen LogP contribution in [0.2, 0.25) is 0 Å². The van der Waals surface area contributed by atoms with E-state index in [1.165, 1.54) is 0 Å². The molecule has 1 heterocycles. The molecule has 0 spiro atoms. The lowest BCUT2D eigenvalue weighted by atomic mass is 9.95. The number of rotatable bonds is 6. The highest BCUT2D eigenvalue weighted by molar-refractivity contribution is 5.94. The van der Waals surface area contributed by atoms with Gasteiger partial charge in [-0.15, -0.1) is 0 Å². The van der Waals surface area contributed by atoms with Crippen LogP contribution < -0.4 is 10.1 Å². The van der Waals surface area contributed by atoms with E-state index in [1.807, 2.05) is 67.3 Å². The number of likely N-dealkylation sites (tertiary alicyclic amines) is 1. The molecular weight excluding hydrogens is 352 g/mol. The third kappa shape index (κ3) is 5.12. The molecule has 1 aliphatic heterocycles.